The molecule has 0 saturated heterocycles. The molecule has 0 radical (unpaired) electrons. The molecule has 1 aliphatic carbocycles. The molecule has 0 bridgehead atoms. The number of hydrogen-bond acceptors (Lipinski definition) is 5. The SMILES string of the molecule is OC1CCC(Oc2ccc3ncc(-c4ccsc4)n3n2)CC1. The number of aliphatic hydroxyl groups is 1. The summed E-state index contributed by atoms with van der Waals surface area (Å²) in [6.45, 7) is 0. The molecule has 0 aromatic carbocycles. The van der Waals surface area contributed by atoms with Crippen molar-refractivity contribution in [3.8, 4) is 17.1 Å². The van der Waals surface area contributed by atoms with E-state index in [1.165, 1.54) is 0 Å². The Bertz CT molecular complexity index is 761. The molecule has 0 aliphatic heterocycles. The molecular weight excluding hydrogens is 298 g/mol. The maximum absolute atomic E-state index is 9.57. The van der Waals surface area contributed by atoms with Gasteiger partial charge in [0.25, 0.3) is 0 Å². The van der Waals surface area contributed by atoms with E-state index in [2.05, 4.69) is 21.5 Å². The summed E-state index contributed by atoms with van der Waals surface area (Å²) >= 11 is 1.66. The largest absolute Gasteiger partial charge is 0.473 e. The van der Waals surface area contributed by atoms with E-state index < -0.39 is 0 Å². The lowest BCUT2D eigenvalue weighted by Crippen LogP contribution is -2.26. The minimum absolute atomic E-state index is 0.140. The number of aromatic nitrogens is 3. The van der Waals surface area contributed by atoms with Gasteiger partial charge in [0.1, 0.15) is 6.10 Å². The van der Waals surface area contributed by atoms with Gasteiger partial charge in [-0.25, -0.2) is 9.50 Å². The highest BCUT2D eigenvalue weighted by molar-refractivity contribution is 7.08. The number of fused-ring (bicyclic) bond motifs is 1. The van der Waals surface area contributed by atoms with Crippen molar-refractivity contribution >= 4 is 17.0 Å². The smallest absolute Gasteiger partial charge is 0.232 e. The topological polar surface area (TPSA) is 59.7 Å². The van der Waals surface area contributed by atoms with Gasteiger partial charge in [-0.05, 0) is 43.2 Å². The van der Waals surface area contributed by atoms with Gasteiger partial charge in [0.05, 0.1) is 18.0 Å². The van der Waals surface area contributed by atoms with Crippen molar-refractivity contribution in [2.45, 2.75) is 37.9 Å². The van der Waals surface area contributed by atoms with Crippen LogP contribution in [0, 0.1) is 0 Å². The molecule has 114 valence electrons. The Morgan fingerprint density at radius 2 is 2.05 bits per heavy atom. The normalized spacial score (nSPS) is 22.0. The van der Waals surface area contributed by atoms with Crippen molar-refractivity contribution in [3.05, 3.63) is 35.2 Å². The van der Waals surface area contributed by atoms with Crippen LogP contribution in [0.4, 0.5) is 0 Å². The molecule has 0 atom stereocenters. The van der Waals surface area contributed by atoms with Crippen LogP contribution >= 0.6 is 11.3 Å². The Kier molecular flexibility index (Phi) is 3.56. The zero-order valence-electron chi connectivity index (χ0n) is 12.1. The first kappa shape index (κ1) is 13.7. The molecule has 0 amide bonds. The summed E-state index contributed by atoms with van der Waals surface area (Å²) < 4.78 is 7.81. The molecule has 0 spiro atoms. The monoisotopic (exact) mass is 315 g/mol. The molecule has 3 aromatic heterocycles. The minimum Gasteiger partial charge on any atom is -0.473 e. The first-order valence-electron chi connectivity index (χ1n) is 7.52. The van der Waals surface area contributed by atoms with Gasteiger partial charge in [0, 0.05) is 17.0 Å². The Morgan fingerprint density at radius 3 is 2.82 bits per heavy atom. The van der Waals surface area contributed by atoms with Crippen LogP contribution in [-0.4, -0.2) is 31.9 Å². The molecule has 1 aliphatic rings. The van der Waals surface area contributed by atoms with Gasteiger partial charge in [-0.3, -0.25) is 0 Å². The van der Waals surface area contributed by atoms with Gasteiger partial charge in [-0.1, -0.05) is 0 Å². The summed E-state index contributed by atoms with van der Waals surface area (Å²) in [5.41, 5.74) is 2.90. The number of ether oxygens (including phenoxy) is 1. The van der Waals surface area contributed by atoms with E-state index in [0.29, 0.717) is 5.88 Å². The number of hydrogen-bond donors (Lipinski definition) is 1. The average Bonchev–Trinajstić information content (AvgIpc) is 3.18. The van der Waals surface area contributed by atoms with Crippen LogP contribution in [0.25, 0.3) is 16.9 Å². The number of rotatable bonds is 3. The maximum atomic E-state index is 9.57. The van der Waals surface area contributed by atoms with Gasteiger partial charge in [-0.15, -0.1) is 5.10 Å². The number of nitrogens with zero attached hydrogens (tertiary/aromatic N) is 3. The molecule has 5 nitrogen and oxygen atoms in total. The van der Waals surface area contributed by atoms with E-state index in [-0.39, 0.29) is 12.2 Å². The average molecular weight is 315 g/mol. The lowest BCUT2D eigenvalue weighted by atomic mass is 9.95. The summed E-state index contributed by atoms with van der Waals surface area (Å²) in [5, 5.41) is 18.3. The van der Waals surface area contributed by atoms with Crippen LogP contribution in [0.3, 0.4) is 0 Å². The zero-order chi connectivity index (χ0) is 14.9. The summed E-state index contributed by atoms with van der Waals surface area (Å²) in [6.07, 6.45) is 5.17. The molecule has 1 N–H and O–H groups in total. The van der Waals surface area contributed by atoms with Gasteiger partial charge in [0.2, 0.25) is 5.88 Å². The van der Waals surface area contributed by atoms with Gasteiger partial charge >= 0.3 is 0 Å². The summed E-state index contributed by atoms with van der Waals surface area (Å²) in [4.78, 5) is 4.39. The van der Waals surface area contributed by atoms with Crippen LogP contribution < -0.4 is 4.74 Å². The highest BCUT2D eigenvalue weighted by atomic mass is 32.1. The molecule has 22 heavy (non-hydrogen) atoms. The Hall–Kier alpha value is -1.92. The van der Waals surface area contributed by atoms with E-state index >= 15 is 0 Å². The fourth-order valence-electron chi connectivity index (χ4n) is 2.86. The molecule has 3 heterocycles. The van der Waals surface area contributed by atoms with Gasteiger partial charge < -0.3 is 9.84 Å². The third-order valence-corrected chi connectivity index (χ3v) is 4.77. The Balaban J connectivity index is 1.61. The van der Waals surface area contributed by atoms with Crippen molar-refractivity contribution in [1.82, 2.24) is 14.6 Å². The quantitative estimate of drug-likeness (QED) is 0.806. The van der Waals surface area contributed by atoms with Crippen LogP contribution in [0.1, 0.15) is 25.7 Å². The van der Waals surface area contributed by atoms with Crippen LogP contribution in [0.5, 0.6) is 5.88 Å². The second kappa shape index (κ2) is 5.70. The highest BCUT2D eigenvalue weighted by Gasteiger charge is 2.21. The van der Waals surface area contributed by atoms with Crippen molar-refractivity contribution in [3.63, 3.8) is 0 Å². The standard InChI is InChI=1S/C16H17N3O2S/c20-12-1-3-13(4-2-12)21-16-6-5-15-17-9-14(19(15)18-16)11-7-8-22-10-11/h5-10,12-13,20H,1-4H2. The first-order chi connectivity index (χ1) is 10.8. The number of imidazole rings is 1. The summed E-state index contributed by atoms with van der Waals surface area (Å²) in [6, 6.07) is 5.85. The van der Waals surface area contributed by atoms with Crippen LogP contribution in [0.15, 0.2) is 35.2 Å². The van der Waals surface area contributed by atoms with E-state index in [1.807, 2.05) is 28.2 Å². The van der Waals surface area contributed by atoms with E-state index in [9.17, 15) is 5.11 Å². The molecule has 1 fully saturated rings. The number of thiophene rings is 1. The van der Waals surface area contributed by atoms with Gasteiger partial charge in [0.15, 0.2) is 5.65 Å². The van der Waals surface area contributed by atoms with E-state index in [4.69, 9.17) is 4.74 Å². The maximum Gasteiger partial charge on any atom is 0.232 e. The van der Waals surface area contributed by atoms with Crippen LogP contribution in [0.2, 0.25) is 0 Å². The first-order valence-corrected chi connectivity index (χ1v) is 8.46. The third kappa shape index (κ3) is 2.60. The van der Waals surface area contributed by atoms with Crippen molar-refractivity contribution in [2.75, 3.05) is 0 Å². The zero-order valence-corrected chi connectivity index (χ0v) is 12.9. The lowest BCUT2D eigenvalue weighted by molar-refractivity contribution is 0.0637. The summed E-state index contributed by atoms with van der Waals surface area (Å²) in [5.74, 6) is 0.614. The van der Waals surface area contributed by atoms with Crippen molar-refractivity contribution in [2.24, 2.45) is 0 Å². The Labute approximate surface area is 132 Å². The Morgan fingerprint density at radius 1 is 1.18 bits per heavy atom. The predicted octanol–water partition coefficient (Wildman–Crippen LogP) is 3.14. The lowest BCUT2D eigenvalue weighted by Gasteiger charge is -2.25. The summed E-state index contributed by atoms with van der Waals surface area (Å²) in [7, 11) is 0. The van der Waals surface area contributed by atoms with Crippen molar-refractivity contribution in [1.29, 1.82) is 0 Å². The predicted molar refractivity (Wildman–Crippen MR) is 85.2 cm³/mol. The van der Waals surface area contributed by atoms with E-state index in [1.54, 1.807) is 11.3 Å². The van der Waals surface area contributed by atoms with Gasteiger partial charge in [-0.2, -0.15) is 11.3 Å². The number of aliphatic hydroxyl groups excluding tert-OH is 1. The molecule has 3 aromatic rings. The second-order valence-corrected chi connectivity index (χ2v) is 6.43. The van der Waals surface area contributed by atoms with Crippen molar-refractivity contribution < 1.29 is 9.84 Å². The molecule has 4 rings (SSSR count). The molecular formula is C16H17N3O2S. The highest BCUT2D eigenvalue weighted by Crippen LogP contribution is 2.25. The van der Waals surface area contributed by atoms with Crippen LogP contribution in [-0.2, 0) is 0 Å². The molecule has 0 unspecified atom stereocenters. The molecule has 6 heteroatoms. The second-order valence-electron chi connectivity index (χ2n) is 5.65. The fourth-order valence-corrected chi connectivity index (χ4v) is 3.51. The van der Waals surface area contributed by atoms with E-state index in [0.717, 1.165) is 42.6 Å². The molecule has 1 saturated carbocycles. The fraction of sp³-hybridized carbons (Fsp3) is 0.375. The minimum atomic E-state index is -0.172. The third-order valence-electron chi connectivity index (χ3n) is 4.09.